The molecule has 0 spiro atoms. The van der Waals surface area contributed by atoms with Gasteiger partial charge in [-0.15, -0.1) is 11.3 Å². The van der Waals surface area contributed by atoms with Crippen LogP contribution in [0.4, 0.5) is 0 Å². The molecule has 1 heterocycles. The lowest BCUT2D eigenvalue weighted by molar-refractivity contribution is 0.401. The van der Waals surface area contributed by atoms with Gasteiger partial charge >= 0.3 is 0 Å². The number of hydrogen-bond acceptors (Lipinski definition) is 3. The summed E-state index contributed by atoms with van der Waals surface area (Å²) in [5.41, 5.74) is 0. The molecule has 1 aliphatic carbocycles. The Hall–Kier alpha value is -0.590. The summed E-state index contributed by atoms with van der Waals surface area (Å²) in [4.78, 5) is 1.02. The van der Waals surface area contributed by atoms with Crippen LogP contribution in [0.15, 0.2) is 40.6 Å². The topological polar surface area (TPSA) is 37.4 Å². The summed E-state index contributed by atoms with van der Waals surface area (Å²) >= 11 is 13.7. The van der Waals surface area contributed by atoms with Gasteiger partial charge in [0.25, 0.3) is 0 Å². The second kappa shape index (κ2) is 5.89. The van der Waals surface area contributed by atoms with E-state index in [-0.39, 0.29) is 21.0 Å². The van der Waals surface area contributed by atoms with Gasteiger partial charge in [0.15, 0.2) is 0 Å². The molecule has 0 bridgehead atoms. The minimum atomic E-state index is -3.70. The van der Waals surface area contributed by atoms with Gasteiger partial charge in [-0.05, 0) is 36.4 Å². The average molecular weight is 362 g/mol. The molecule has 21 heavy (non-hydrogen) atoms. The molecule has 3 nitrogen and oxygen atoms in total. The van der Waals surface area contributed by atoms with Crippen molar-refractivity contribution in [2.24, 2.45) is 0 Å². The molecule has 0 aliphatic heterocycles. The van der Waals surface area contributed by atoms with Gasteiger partial charge < -0.3 is 0 Å². The van der Waals surface area contributed by atoms with Crippen LogP contribution in [0.2, 0.25) is 10.0 Å². The van der Waals surface area contributed by atoms with Crippen LogP contribution in [0, 0.1) is 0 Å². The largest absolute Gasteiger partial charge is 0.246 e. The first-order chi connectivity index (χ1) is 10.00. The van der Waals surface area contributed by atoms with Crippen molar-refractivity contribution >= 4 is 44.6 Å². The molecule has 7 heteroatoms. The third-order valence-corrected chi connectivity index (χ3v) is 7.05. The molecular formula is C14H13Cl2NO2S2. The Kier molecular flexibility index (Phi) is 4.30. The molecule has 0 atom stereocenters. The number of benzene rings is 1. The maximum atomic E-state index is 12.9. The van der Waals surface area contributed by atoms with Crippen LogP contribution in [-0.4, -0.2) is 18.8 Å². The third-order valence-electron chi connectivity index (χ3n) is 3.33. The molecule has 1 fully saturated rings. The summed E-state index contributed by atoms with van der Waals surface area (Å²) in [6.45, 7) is 0.367. The Labute approximate surface area is 138 Å². The van der Waals surface area contributed by atoms with Gasteiger partial charge in [-0.25, -0.2) is 8.42 Å². The number of sulfonamides is 1. The van der Waals surface area contributed by atoms with Gasteiger partial charge in [-0.2, -0.15) is 4.31 Å². The van der Waals surface area contributed by atoms with Crippen molar-refractivity contribution in [3.63, 3.8) is 0 Å². The summed E-state index contributed by atoms with van der Waals surface area (Å²) in [7, 11) is -3.70. The van der Waals surface area contributed by atoms with Crippen LogP contribution in [0.25, 0.3) is 0 Å². The standard InChI is InChI=1S/C14H13Cl2NO2S2/c15-12-4-1-5-13(16)14(12)21(18,19)17(10-6-7-10)9-11-3-2-8-20-11/h1-5,8,10H,6-7,9H2. The predicted octanol–water partition coefficient (Wildman–Crippen LogP) is 4.41. The second-order valence-corrected chi connectivity index (χ2v) is 8.59. The monoisotopic (exact) mass is 361 g/mol. The highest BCUT2D eigenvalue weighted by atomic mass is 35.5. The molecule has 1 aliphatic rings. The smallest absolute Gasteiger partial charge is 0.207 e. The fourth-order valence-corrected chi connectivity index (χ4v) is 5.72. The summed E-state index contributed by atoms with van der Waals surface area (Å²) in [6.07, 6.45) is 1.76. The summed E-state index contributed by atoms with van der Waals surface area (Å²) in [5, 5.41) is 2.27. The Morgan fingerprint density at radius 1 is 1.14 bits per heavy atom. The number of nitrogens with zero attached hydrogens (tertiary/aromatic N) is 1. The minimum absolute atomic E-state index is 0.0109. The number of thiophene rings is 1. The van der Waals surface area contributed by atoms with Crippen LogP contribution in [0.5, 0.6) is 0 Å². The van der Waals surface area contributed by atoms with Crippen LogP contribution >= 0.6 is 34.5 Å². The van der Waals surface area contributed by atoms with E-state index in [0.29, 0.717) is 6.54 Å². The first-order valence-electron chi connectivity index (χ1n) is 6.48. The zero-order valence-electron chi connectivity index (χ0n) is 11.0. The predicted molar refractivity (Wildman–Crippen MR) is 86.5 cm³/mol. The van der Waals surface area contributed by atoms with Crippen LogP contribution < -0.4 is 0 Å². The van der Waals surface area contributed by atoms with Gasteiger partial charge in [0.2, 0.25) is 10.0 Å². The molecule has 0 radical (unpaired) electrons. The average Bonchev–Trinajstić information content (AvgIpc) is 3.11. The molecule has 0 amide bonds. The highest BCUT2D eigenvalue weighted by Crippen LogP contribution is 2.38. The van der Waals surface area contributed by atoms with Gasteiger partial charge in [0.1, 0.15) is 4.90 Å². The van der Waals surface area contributed by atoms with E-state index in [0.717, 1.165) is 17.7 Å². The fraction of sp³-hybridized carbons (Fsp3) is 0.286. The van der Waals surface area contributed by atoms with E-state index in [1.807, 2.05) is 17.5 Å². The Bertz CT molecular complexity index is 720. The minimum Gasteiger partial charge on any atom is -0.207 e. The van der Waals surface area contributed by atoms with Crippen molar-refractivity contribution in [2.75, 3.05) is 0 Å². The maximum absolute atomic E-state index is 12.9. The van der Waals surface area contributed by atoms with E-state index in [9.17, 15) is 8.42 Å². The SMILES string of the molecule is O=S(=O)(c1c(Cl)cccc1Cl)N(Cc1cccs1)C1CC1. The Morgan fingerprint density at radius 3 is 2.33 bits per heavy atom. The Balaban J connectivity index is 2.01. The highest BCUT2D eigenvalue weighted by Gasteiger charge is 2.40. The van der Waals surface area contributed by atoms with Crippen LogP contribution in [0.3, 0.4) is 0 Å². The van der Waals surface area contributed by atoms with Crippen molar-refractivity contribution in [1.82, 2.24) is 4.31 Å². The number of rotatable bonds is 5. The molecule has 1 saturated carbocycles. The molecule has 0 N–H and O–H groups in total. The van der Waals surface area contributed by atoms with E-state index in [1.54, 1.807) is 29.5 Å². The lowest BCUT2D eigenvalue weighted by Crippen LogP contribution is -2.32. The fourth-order valence-electron chi connectivity index (χ4n) is 2.18. The summed E-state index contributed by atoms with van der Waals surface area (Å²) in [6, 6.07) is 8.64. The van der Waals surface area contributed by atoms with E-state index >= 15 is 0 Å². The van der Waals surface area contributed by atoms with Gasteiger partial charge in [-0.1, -0.05) is 35.3 Å². The van der Waals surface area contributed by atoms with Gasteiger partial charge in [0, 0.05) is 17.5 Å². The van der Waals surface area contributed by atoms with Crippen molar-refractivity contribution < 1.29 is 8.42 Å². The van der Waals surface area contributed by atoms with Gasteiger partial charge in [0.05, 0.1) is 10.0 Å². The van der Waals surface area contributed by atoms with Crippen molar-refractivity contribution in [3.8, 4) is 0 Å². The Morgan fingerprint density at radius 2 is 1.81 bits per heavy atom. The highest BCUT2D eigenvalue weighted by molar-refractivity contribution is 7.89. The van der Waals surface area contributed by atoms with Crippen LogP contribution in [0.1, 0.15) is 17.7 Å². The van der Waals surface area contributed by atoms with E-state index < -0.39 is 10.0 Å². The lowest BCUT2D eigenvalue weighted by Gasteiger charge is -2.22. The van der Waals surface area contributed by atoms with E-state index in [4.69, 9.17) is 23.2 Å². The molecule has 2 aromatic rings. The summed E-state index contributed by atoms with van der Waals surface area (Å²) in [5.74, 6) is 0. The molecule has 112 valence electrons. The molecule has 0 unspecified atom stereocenters. The van der Waals surface area contributed by atoms with E-state index in [1.165, 1.54) is 4.31 Å². The lowest BCUT2D eigenvalue weighted by atomic mass is 10.4. The number of hydrogen-bond donors (Lipinski definition) is 0. The van der Waals surface area contributed by atoms with Crippen LogP contribution in [-0.2, 0) is 16.6 Å². The van der Waals surface area contributed by atoms with E-state index in [2.05, 4.69) is 0 Å². The van der Waals surface area contributed by atoms with Gasteiger partial charge in [-0.3, -0.25) is 0 Å². The molecule has 1 aromatic carbocycles. The zero-order valence-corrected chi connectivity index (χ0v) is 14.1. The molecule has 0 saturated heterocycles. The summed E-state index contributed by atoms with van der Waals surface area (Å²) < 4.78 is 27.4. The molecular weight excluding hydrogens is 349 g/mol. The van der Waals surface area contributed by atoms with Crippen molar-refractivity contribution in [2.45, 2.75) is 30.3 Å². The zero-order chi connectivity index (χ0) is 15.0. The first-order valence-corrected chi connectivity index (χ1v) is 9.56. The number of halogens is 2. The third kappa shape index (κ3) is 3.12. The molecule has 1 aromatic heterocycles. The second-order valence-electron chi connectivity index (χ2n) is 4.91. The maximum Gasteiger partial charge on any atom is 0.246 e. The van der Waals surface area contributed by atoms with Crippen molar-refractivity contribution in [1.29, 1.82) is 0 Å². The first kappa shape index (κ1) is 15.3. The quantitative estimate of drug-likeness (QED) is 0.790. The van der Waals surface area contributed by atoms with Crippen molar-refractivity contribution in [3.05, 3.63) is 50.6 Å². The molecule has 3 rings (SSSR count). The normalized spacial score (nSPS) is 15.6.